The zero-order valence-corrected chi connectivity index (χ0v) is 11.0. The summed E-state index contributed by atoms with van der Waals surface area (Å²) >= 11 is 0. The van der Waals surface area contributed by atoms with Crippen LogP contribution in [0.25, 0.3) is 0 Å². The average molecular weight is 248 g/mol. The average Bonchev–Trinajstić information content (AvgIpc) is 3.21. The highest BCUT2D eigenvalue weighted by Gasteiger charge is 2.21. The molecule has 2 rings (SSSR count). The smallest absolute Gasteiger partial charge is 0.121 e. The SMILES string of the molecule is NCCCCCNc1cccc(OCC2CC2)c1. The monoisotopic (exact) mass is 248 g/mol. The first-order chi connectivity index (χ1) is 8.88. The minimum Gasteiger partial charge on any atom is -0.493 e. The van der Waals surface area contributed by atoms with E-state index in [1.54, 1.807) is 0 Å². The van der Waals surface area contributed by atoms with Gasteiger partial charge in [-0.3, -0.25) is 0 Å². The summed E-state index contributed by atoms with van der Waals surface area (Å²) in [7, 11) is 0. The molecule has 0 saturated heterocycles. The van der Waals surface area contributed by atoms with E-state index in [1.165, 1.54) is 25.7 Å². The van der Waals surface area contributed by atoms with Crippen molar-refractivity contribution in [1.82, 2.24) is 0 Å². The fraction of sp³-hybridized carbons (Fsp3) is 0.600. The van der Waals surface area contributed by atoms with Crippen LogP contribution in [0.4, 0.5) is 5.69 Å². The quantitative estimate of drug-likeness (QED) is 0.660. The van der Waals surface area contributed by atoms with Gasteiger partial charge >= 0.3 is 0 Å². The van der Waals surface area contributed by atoms with Crippen LogP contribution in [0.2, 0.25) is 0 Å². The second kappa shape index (κ2) is 7.27. The van der Waals surface area contributed by atoms with Gasteiger partial charge in [0, 0.05) is 18.3 Å². The summed E-state index contributed by atoms with van der Waals surface area (Å²) in [6, 6.07) is 8.25. The highest BCUT2D eigenvalue weighted by Crippen LogP contribution is 2.29. The van der Waals surface area contributed by atoms with E-state index >= 15 is 0 Å². The molecule has 3 nitrogen and oxygen atoms in total. The molecule has 0 aromatic heterocycles. The number of nitrogens with two attached hydrogens (primary N) is 1. The van der Waals surface area contributed by atoms with Crippen LogP contribution in [-0.2, 0) is 0 Å². The zero-order valence-electron chi connectivity index (χ0n) is 11.0. The van der Waals surface area contributed by atoms with Crippen LogP contribution in [0.3, 0.4) is 0 Å². The van der Waals surface area contributed by atoms with Crippen LogP contribution in [0.5, 0.6) is 5.75 Å². The Bertz CT molecular complexity index is 350. The Kier molecular flexibility index (Phi) is 5.34. The third-order valence-electron chi connectivity index (χ3n) is 3.23. The van der Waals surface area contributed by atoms with Crippen molar-refractivity contribution in [3.05, 3.63) is 24.3 Å². The number of unbranched alkanes of at least 4 members (excludes halogenated alkanes) is 2. The van der Waals surface area contributed by atoms with Crippen LogP contribution >= 0.6 is 0 Å². The van der Waals surface area contributed by atoms with Crippen molar-refractivity contribution in [3.8, 4) is 5.75 Å². The third kappa shape index (κ3) is 4.96. The lowest BCUT2D eigenvalue weighted by Gasteiger charge is -2.09. The molecule has 0 unspecified atom stereocenters. The molecule has 0 spiro atoms. The summed E-state index contributed by atoms with van der Waals surface area (Å²) in [5.41, 5.74) is 6.62. The summed E-state index contributed by atoms with van der Waals surface area (Å²) in [5, 5.41) is 3.43. The summed E-state index contributed by atoms with van der Waals surface area (Å²) in [4.78, 5) is 0. The lowest BCUT2D eigenvalue weighted by atomic mass is 10.2. The van der Waals surface area contributed by atoms with E-state index in [0.717, 1.165) is 43.5 Å². The number of benzene rings is 1. The van der Waals surface area contributed by atoms with Gasteiger partial charge in [0.1, 0.15) is 5.75 Å². The van der Waals surface area contributed by atoms with Gasteiger partial charge in [0.05, 0.1) is 6.61 Å². The molecule has 0 heterocycles. The van der Waals surface area contributed by atoms with Crippen LogP contribution in [-0.4, -0.2) is 19.7 Å². The first-order valence-corrected chi connectivity index (χ1v) is 7.05. The molecule has 18 heavy (non-hydrogen) atoms. The molecule has 1 fully saturated rings. The maximum absolute atomic E-state index is 5.76. The Morgan fingerprint density at radius 1 is 1.22 bits per heavy atom. The van der Waals surface area contributed by atoms with E-state index < -0.39 is 0 Å². The van der Waals surface area contributed by atoms with Crippen molar-refractivity contribution in [1.29, 1.82) is 0 Å². The van der Waals surface area contributed by atoms with Gasteiger partial charge in [-0.25, -0.2) is 0 Å². The molecule has 1 saturated carbocycles. The molecule has 1 aromatic rings. The van der Waals surface area contributed by atoms with Crippen molar-refractivity contribution < 1.29 is 4.74 Å². The predicted octanol–water partition coefficient (Wildman–Crippen LogP) is 3.02. The fourth-order valence-electron chi connectivity index (χ4n) is 1.87. The lowest BCUT2D eigenvalue weighted by Crippen LogP contribution is -2.04. The van der Waals surface area contributed by atoms with Crippen molar-refractivity contribution in [2.24, 2.45) is 11.7 Å². The van der Waals surface area contributed by atoms with Crippen molar-refractivity contribution in [2.45, 2.75) is 32.1 Å². The van der Waals surface area contributed by atoms with Crippen LogP contribution < -0.4 is 15.8 Å². The molecule has 0 bridgehead atoms. The van der Waals surface area contributed by atoms with Gasteiger partial charge in [-0.2, -0.15) is 0 Å². The van der Waals surface area contributed by atoms with Gasteiger partial charge < -0.3 is 15.8 Å². The Morgan fingerprint density at radius 2 is 2.11 bits per heavy atom. The van der Waals surface area contributed by atoms with Crippen LogP contribution in [0.15, 0.2) is 24.3 Å². The van der Waals surface area contributed by atoms with E-state index in [0.29, 0.717) is 0 Å². The van der Waals surface area contributed by atoms with Gasteiger partial charge in [-0.15, -0.1) is 0 Å². The normalized spacial score (nSPS) is 14.5. The molecular formula is C15H24N2O. The van der Waals surface area contributed by atoms with E-state index in [4.69, 9.17) is 10.5 Å². The Morgan fingerprint density at radius 3 is 2.89 bits per heavy atom. The predicted molar refractivity (Wildman–Crippen MR) is 76.1 cm³/mol. The van der Waals surface area contributed by atoms with E-state index in [1.807, 2.05) is 12.1 Å². The third-order valence-corrected chi connectivity index (χ3v) is 3.23. The summed E-state index contributed by atoms with van der Waals surface area (Å²) in [6.07, 6.45) is 6.15. The molecule has 0 amide bonds. The minimum absolute atomic E-state index is 0.796. The Labute approximate surface area is 110 Å². The Hall–Kier alpha value is -1.22. The number of rotatable bonds is 9. The molecule has 0 atom stereocenters. The van der Waals surface area contributed by atoms with E-state index in [-0.39, 0.29) is 0 Å². The number of anilines is 1. The fourth-order valence-corrected chi connectivity index (χ4v) is 1.87. The second-order valence-corrected chi connectivity index (χ2v) is 5.06. The molecule has 100 valence electrons. The first kappa shape index (κ1) is 13.2. The number of hydrogen-bond acceptors (Lipinski definition) is 3. The minimum atomic E-state index is 0.796. The second-order valence-electron chi connectivity index (χ2n) is 5.06. The van der Waals surface area contributed by atoms with Crippen LogP contribution in [0.1, 0.15) is 32.1 Å². The van der Waals surface area contributed by atoms with Crippen molar-refractivity contribution >= 4 is 5.69 Å². The van der Waals surface area contributed by atoms with E-state index in [2.05, 4.69) is 17.4 Å². The summed E-state index contributed by atoms with van der Waals surface area (Å²) in [6.45, 7) is 2.68. The summed E-state index contributed by atoms with van der Waals surface area (Å²) < 4.78 is 5.76. The van der Waals surface area contributed by atoms with Gasteiger partial charge in [-0.1, -0.05) is 12.5 Å². The zero-order chi connectivity index (χ0) is 12.6. The van der Waals surface area contributed by atoms with E-state index in [9.17, 15) is 0 Å². The van der Waals surface area contributed by atoms with Gasteiger partial charge in [0.2, 0.25) is 0 Å². The maximum atomic E-state index is 5.76. The van der Waals surface area contributed by atoms with Crippen molar-refractivity contribution in [3.63, 3.8) is 0 Å². The number of ether oxygens (including phenoxy) is 1. The summed E-state index contributed by atoms with van der Waals surface area (Å²) in [5.74, 6) is 1.78. The van der Waals surface area contributed by atoms with Gasteiger partial charge in [0.15, 0.2) is 0 Å². The molecule has 3 N–H and O–H groups in total. The standard InChI is InChI=1S/C15H24N2O/c16-9-2-1-3-10-17-14-5-4-6-15(11-14)18-12-13-7-8-13/h4-6,11,13,17H,1-3,7-10,12,16H2. The maximum Gasteiger partial charge on any atom is 0.121 e. The van der Waals surface area contributed by atoms with Crippen LogP contribution in [0, 0.1) is 5.92 Å². The largest absolute Gasteiger partial charge is 0.493 e. The highest BCUT2D eigenvalue weighted by atomic mass is 16.5. The highest BCUT2D eigenvalue weighted by molar-refractivity contribution is 5.48. The molecule has 0 aliphatic heterocycles. The Balaban J connectivity index is 1.68. The molecule has 0 radical (unpaired) electrons. The molecule has 1 aromatic carbocycles. The number of hydrogen-bond donors (Lipinski definition) is 2. The molecule has 1 aliphatic rings. The molecule has 3 heteroatoms. The molecular weight excluding hydrogens is 224 g/mol. The topological polar surface area (TPSA) is 47.3 Å². The van der Waals surface area contributed by atoms with Crippen molar-refractivity contribution in [2.75, 3.05) is 25.0 Å². The molecule has 1 aliphatic carbocycles. The van der Waals surface area contributed by atoms with Gasteiger partial charge in [0.25, 0.3) is 0 Å². The lowest BCUT2D eigenvalue weighted by molar-refractivity contribution is 0.300. The number of nitrogens with one attached hydrogen (secondary N) is 1. The first-order valence-electron chi connectivity index (χ1n) is 7.05. The van der Waals surface area contributed by atoms with Gasteiger partial charge in [-0.05, 0) is 50.3 Å².